The summed E-state index contributed by atoms with van der Waals surface area (Å²) in [5.41, 5.74) is 0. The van der Waals surface area contributed by atoms with E-state index in [-0.39, 0.29) is 4.71 Å². The fourth-order valence-corrected chi connectivity index (χ4v) is 6.01. The first-order chi connectivity index (χ1) is 14.2. The molecule has 0 radical (unpaired) electrons. The maximum atomic E-state index is 4.84. The summed E-state index contributed by atoms with van der Waals surface area (Å²) in [7, 11) is 3.73. The van der Waals surface area contributed by atoms with Gasteiger partial charge in [-0.3, -0.25) is 0 Å². The zero-order valence-corrected chi connectivity index (χ0v) is 22.3. The summed E-state index contributed by atoms with van der Waals surface area (Å²) < 4.78 is -0.120. The van der Waals surface area contributed by atoms with E-state index in [0.717, 1.165) is 13.1 Å². The first-order valence-electron chi connectivity index (χ1n) is 9.38. The first kappa shape index (κ1) is 26.8. The topological polar surface area (TPSA) is 3.24 Å². The summed E-state index contributed by atoms with van der Waals surface area (Å²) in [5.74, 6) is 0. The third kappa shape index (κ3) is 9.60. The molecular weight excluding hydrogens is 616 g/mol. The number of halogens is 1. The van der Waals surface area contributed by atoms with E-state index in [0.29, 0.717) is 0 Å². The zero-order chi connectivity index (χ0) is 21.5. The van der Waals surface area contributed by atoms with Gasteiger partial charge in [-0.2, -0.15) is 0 Å². The van der Waals surface area contributed by atoms with Crippen LogP contribution < -0.4 is 15.9 Å². The quantitative estimate of drug-likeness (QED) is 0.287. The van der Waals surface area contributed by atoms with Gasteiger partial charge in [0.2, 0.25) is 0 Å². The predicted octanol–water partition coefficient (Wildman–Crippen LogP) is 4.57. The van der Waals surface area contributed by atoms with Gasteiger partial charge >= 0.3 is 28.2 Å². The fourth-order valence-electron chi connectivity index (χ4n) is 2.84. The van der Waals surface area contributed by atoms with Crippen LogP contribution in [0.5, 0.6) is 0 Å². The van der Waals surface area contributed by atoms with E-state index in [9.17, 15) is 0 Å². The molecule has 1 nitrogen and oxygen atoms in total. The van der Waals surface area contributed by atoms with Gasteiger partial charge in [-0.1, -0.05) is 68.4 Å². The Bertz CT molecular complexity index is 666. The minimum absolute atomic E-state index is 0.120. The van der Waals surface area contributed by atoms with Gasteiger partial charge in [0, 0.05) is 0 Å². The van der Waals surface area contributed by atoms with Crippen molar-refractivity contribution in [3.05, 3.63) is 91.0 Å². The Hall–Kier alpha value is -0.272. The molecule has 159 valence electrons. The maximum Gasteiger partial charge on any atom is 0.102 e. The Balaban J connectivity index is 0.000000358. The van der Waals surface area contributed by atoms with Gasteiger partial charge in [0.1, 0.15) is 15.9 Å². The van der Waals surface area contributed by atoms with E-state index < -0.39 is 7.92 Å². The van der Waals surface area contributed by atoms with Crippen molar-refractivity contribution in [1.82, 2.24) is 4.90 Å². The van der Waals surface area contributed by atoms with Crippen molar-refractivity contribution in [2.45, 2.75) is 18.6 Å². The van der Waals surface area contributed by atoms with Crippen LogP contribution in [0.2, 0.25) is 0 Å². The number of hydrogen-bond donors (Lipinski definition) is 0. The average molecular weight is 643 g/mol. The molecule has 0 aromatic heterocycles. The molecule has 0 aliphatic carbocycles. The van der Waals surface area contributed by atoms with E-state index in [1.807, 2.05) is 4.90 Å². The van der Waals surface area contributed by atoms with Crippen molar-refractivity contribution in [3.63, 3.8) is 0 Å². The van der Waals surface area contributed by atoms with Crippen molar-refractivity contribution in [2.24, 2.45) is 0 Å². The van der Waals surface area contributed by atoms with Crippen LogP contribution in [0, 0.1) is 0 Å². The first-order valence-corrected chi connectivity index (χ1v) is 14.6. The molecule has 0 saturated carbocycles. The zero-order valence-electron chi connectivity index (χ0n) is 16.6. The van der Waals surface area contributed by atoms with Crippen LogP contribution in [-0.4, -0.2) is 22.7 Å². The van der Waals surface area contributed by atoms with Crippen LogP contribution in [0.4, 0.5) is 0 Å². The Morgan fingerprint density at radius 1 is 0.690 bits per heavy atom. The third-order valence-corrected chi connectivity index (χ3v) is 7.63. The second-order valence-corrected chi connectivity index (χ2v) is 9.67. The Labute approximate surface area is 203 Å². The molecular formula is C23H27ClNPPtS2-. The maximum absolute atomic E-state index is 4.84. The number of nitrogens with zero attached hydrogens (tertiary/aromatic N) is 1. The second-order valence-electron chi connectivity index (χ2n) is 6.00. The Morgan fingerprint density at radius 2 is 0.966 bits per heavy atom. The Morgan fingerprint density at radius 3 is 1.14 bits per heavy atom. The summed E-state index contributed by atoms with van der Waals surface area (Å²) in [6, 6.07) is 32.5. The molecule has 0 aliphatic rings. The summed E-state index contributed by atoms with van der Waals surface area (Å²) >= 11 is 11.3. The van der Waals surface area contributed by atoms with Crippen LogP contribution in [0.3, 0.4) is 0 Å². The van der Waals surface area contributed by atoms with Crippen LogP contribution in [0.1, 0.15) is 13.8 Å². The molecule has 0 bridgehead atoms. The molecule has 3 rings (SSSR count). The SMILES string of the molecule is CCN(CC)C([S-])[S-].[Cl][Pt].c1ccc([PH+](c2ccccc2)c2ccccc2)cc1. The third-order valence-electron chi connectivity index (χ3n) is 4.30. The standard InChI is InChI=1S/C18H15P.C5H13NS2.ClH.Pt/c1-4-10-16(11-5-1)19(17-12-6-2-7-13-17)18-14-8-3-9-15-18;1-3-6(4-2)5(7)8;;/h1-15H;5,7-8H,3-4H2,1-2H3;1H;/q;;;+1/p-2. The van der Waals surface area contributed by atoms with Crippen molar-refractivity contribution >= 4 is 58.5 Å². The molecule has 3 aromatic rings. The molecule has 29 heavy (non-hydrogen) atoms. The normalized spacial score (nSPS) is 10.3. The largest absolute Gasteiger partial charge is 0.102 e. The van der Waals surface area contributed by atoms with Crippen LogP contribution in [0.25, 0.3) is 0 Å². The molecule has 0 spiro atoms. The summed E-state index contributed by atoms with van der Waals surface area (Å²) in [6.45, 7) is 6.06. The van der Waals surface area contributed by atoms with Crippen LogP contribution in [-0.2, 0) is 44.0 Å². The number of hydrogen-bond acceptors (Lipinski definition) is 3. The van der Waals surface area contributed by atoms with E-state index in [1.165, 1.54) is 15.9 Å². The molecule has 0 amide bonds. The van der Waals surface area contributed by atoms with Crippen LogP contribution >= 0.6 is 17.3 Å². The van der Waals surface area contributed by atoms with Gasteiger partial charge in [-0.05, 0) is 49.5 Å². The fraction of sp³-hybridized carbons (Fsp3) is 0.217. The molecule has 0 atom stereocenters. The van der Waals surface area contributed by atoms with E-state index in [2.05, 4.69) is 114 Å². The van der Waals surface area contributed by atoms with E-state index in [1.54, 1.807) is 18.8 Å². The predicted molar refractivity (Wildman–Crippen MR) is 134 cm³/mol. The molecule has 0 heterocycles. The Kier molecular flexibility index (Phi) is 15.2. The molecule has 0 N–H and O–H groups in total. The molecule has 0 aliphatic heterocycles. The number of benzene rings is 3. The number of rotatable bonds is 6. The molecule has 0 saturated heterocycles. The minimum Gasteiger partial charge on any atom is -0.0620 e. The summed E-state index contributed by atoms with van der Waals surface area (Å²) in [5, 5.41) is 4.31. The van der Waals surface area contributed by atoms with E-state index in [4.69, 9.17) is 25.3 Å². The van der Waals surface area contributed by atoms with Crippen molar-refractivity contribution < 1.29 is 18.8 Å². The van der Waals surface area contributed by atoms with Gasteiger partial charge in [-0.15, -0.1) is 0 Å². The van der Waals surface area contributed by atoms with Gasteiger partial charge < -0.3 is 30.2 Å². The smallest absolute Gasteiger partial charge is 0.0620 e. The van der Waals surface area contributed by atoms with E-state index >= 15 is 0 Å². The minimum atomic E-state index is -0.877. The molecule has 0 fully saturated rings. The van der Waals surface area contributed by atoms with Gasteiger partial charge in [0.05, 0.1) is 7.92 Å². The molecule has 0 unspecified atom stereocenters. The van der Waals surface area contributed by atoms with Gasteiger partial charge in [0.25, 0.3) is 0 Å². The monoisotopic (exact) mass is 642 g/mol. The van der Waals surface area contributed by atoms with Gasteiger partial charge in [0.15, 0.2) is 0 Å². The second kappa shape index (κ2) is 16.4. The average Bonchev–Trinajstić information content (AvgIpc) is 2.79. The van der Waals surface area contributed by atoms with Gasteiger partial charge in [-0.25, -0.2) is 4.71 Å². The van der Waals surface area contributed by atoms with Crippen molar-refractivity contribution in [1.29, 1.82) is 0 Å². The summed E-state index contributed by atoms with van der Waals surface area (Å²) in [6.07, 6.45) is 0. The van der Waals surface area contributed by atoms with Crippen molar-refractivity contribution in [2.75, 3.05) is 13.1 Å². The summed E-state index contributed by atoms with van der Waals surface area (Å²) in [4.78, 5) is 2.05. The van der Waals surface area contributed by atoms with Crippen molar-refractivity contribution in [3.8, 4) is 0 Å². The molecule has 3 aromatic carbocycles. The van der Waals surface area contributed by atoms with Crippen LogP contribution in [0.15, 0.2) is 91.0 Å². The molecule has 6 heteroatoms.